The Morgan fingerprint density at radius 1 is 1.58 bits per heavy atom. The first-order chi connectivity index (χ1) is 9.33. The number of aromatic nitrogens is 2. The first-order valence-electron chi connectivity index (χ1n) is 6.21. The van der Waals surface area contributed by atoms with Crippen LogP contribution in [0.15, 0.2) is 11.4 Å². The zero-order chi connectivity index (χ0) is 13.2. The Morgan fingerprint density at radius 2 is 2.47 bits per heavy atom. The molecule has 2 aromatic heterocycles. The third-order valence-electron chi connectivity index (χ3n) is 3.24. The van der Waals surface area contributed by atoms with Crippen LogP contribution in [0.3, 0.4) is 0 Å². The number of fused-ring (bicyclic) bond motifs is 1. The van der Waals surface area contributed by atoms with Crippen molar-refractivity contribution in [3.63, 3.8) is 0 Å². The second kappa shape index (κ2) is 5.28. The summed E-state index contributed by atoms with van der Waals surface area (Å²) >= 11 is 1.59. The topological polar surface area (TPSA) is 70.5 Å². The maximum Gasteiger partial charge on any atom is 0.225 e. The molecule has 0 bridgehead atoms. The highest BCUT2D eigenvalue weighted by Gasteiger charge is 2.26. The van der Waals surface area contributed by atoms with Crippen molar-refractivity contribution in [2.75, 3.05) is 43.6 Å². The van der Waals surface area contributed by atoms with Crippen LogP contribution in [0.4, 0.5) is 11.8 Å². The number of aliphatic hydroxyl groups is 1. The molecule has 0 radical (unpaired) electrons. The van der Waals surface area contributed by atoms with Gasteiger partial charge in [0.1, 0.15) is 10.6 Å². The van der Waals surface area contributed by atoms with Gasteiger partial charge in [0.2, 0.25) is 5.95 Å². The predicted octanol–water partition coefficient (Wildman–Crippen LogP) is 0.930. The number of hydrogen-bond acceptors (Lipinski definition) is 7. The summed E-state index contributed by atoms with van der Waals surface area (Å²) < 4.78 is 5.42. The van der Waals surface area contributed by atoms with Gasteiger partial charge < -0.3 is 20.1 Å². The molecule has 6 nitrogen and oxygen atoms in total. The Hall–Kier alpha value is -1.44. The van der Waals surface area contributed by atoms with E-state index in [0.717, 1.165) is 22.6 Å². The molecule has 1 aliphatic heterocycles. The first kappa shape index (κ1) is 12.6. The van der Waals surface area contributed by atoms with Gasteiger partial charge in [0.25, 0.3) is 0 Å². The third-order valence-corrected chi connectivity index (χ3v) is 4.05. The number of anilines is 2. The number of hydrogen-bond donors (Lipinski definition) is 2. The van der Waals surface area contributed by atoms with Crippen LogP contribution in [-0.4, -0.2) is 54.5 Å². The van der Waals surface area contributed by atoms with Gasteiger partial charge in [-0.05, 0) is 11.4 Å². The first-order valence-corrected chi connectivity index (χ1v) is 7.09. The Kier molecular flexibility index (Phi) is 3.50. The minimum atomic E-state index is -0.0449. The van der Waals surface area contributed by atoms with Crippen LogP contribution in [0.1, 0.15) is 0 Å². The molecule has 2 N–H and O–H groups in total. The van der Waals surface area contributed by atoms with E-state index in [1.54, 1.807) is 18.4 Å². The largest absolute Gasteiger partial charge is 0.394 e. The normalized spacial score (nSPS) is 19.9. The van der Waals surface area contributed by atoms with Gasteiger partial charge in [0, 0.05) is 13.6 Å². The lowest BCUT2D eigenvalue weighted by Crippen LogP contribution is -2.48. The molecule has 1 aliphatic rings. The summed E-state index contributed by atoms with van der Waals surface area (Å²) in [5.41, 5.74) is 0. The lowest BCUT2D eigenvalue weighted by molar-refractivity contribution is 0.0724. The molecule has 1 fully saturated rings. The fraction of sp³-hybridized carbons (Fsp3) is 0.500. The van der Waals surface area contributed by atoms with Gasteiger partial charge >= 0.3 is 0 Å². The highest BCUT2D eigenvalue weighted by atomic mass is 32.1. The summed E-state index contributed by atoms with van der Waals surface area (Å²) in [6, 6.07) is 1.98. The number of nitrogens with zero attached hydrogens (tertiary/aromatic N) is 3. The van der Waals surface area contributed by atoms with E-state index in [-0.39, 0.29) is 12.6 Å². The molecule has 3 heterocycles. The van der Waals surface area contributed by atoms with E-state index in [2.05, 4.69) is 20.2 Å². The van der Waals surface area contributed by atoms with Crippen molar-refractivity contribution in [2.24, 2.45) is 0 Å². The summed E-state index contributed by atoms with van der Waals surface area (Å²) in [6.45, 7) is 1.98. The summed E-state index contributed by atoms with van der Waals surface area (Å²) in [7, 11) is 1.81. The predicted molar refractivity (Wildman–Crippen MR) is 76.0 cm³/mol. The Balaban J connectivity index is 2.08. The van der Waals surface area contributed by atoms with Gasteiger partial charge in [-0.3, -0.25) is 0 Å². The maximum absolute atomic E-state index is 9.49. The number of rotatable bonds is 3. The van der Waals surface area contributed by atoms with Gasteiger partial charge in [-0.25, -0.2) is 4.98 Å². The number of morpholine rings is 1. The number of nitrogens with one attached hydrogen (secondary N) is 1. The quantitative estimate of drug-likeness (QED) is 0.871. The monoisotopic (exact) mass is 280 g/mol. The molecule has 0 spiro atoms. The highest BCUT2D eigenvalue weighted by molar-refractivity contribution is 7.16. The van der Waals surface area contributed by atoms with E-state index in [9.17, 15) is 5.11 Å². The second-order valence-corrected chi connectivity index (χ2v) is 5.26. The van der Waals surface area contributed by atoms with Gasteiger partial charge in [-0.2, -0.15) is 4.98 Å². The van der Waals surface area contributed by atoms with Gasteiger partial charge in [0.15, 0.2) is 0 Å². The van der Waals surface area contributed by atoms with Crippen molar-refractivity contribution in [2.45, 2.75) is 6.04 Å². The molecule has 0 saturated carbocycles. The summed E-state index contributed by atoms with van der Waals surface area (Å²) in [6.07, 6.45) is 0. The summed E-state index contributed by atoms with van der Waals surface area (Å²) in [5.74, 6) is 1.48. The number of aliphatic hydroxyl groups excluding tert-OH is 1. The second-order valence-electron chi connectivity index (χ2n) is 4.36. The fourth-order valence-electron chi connectivity index (χ4n) is 2.26. The third kappa shape index (κ3) is 2.24. The van der Waals surface area contributed by atoms with Crippen LogP contribution in [0, 0.1) is 0 Å². The van der Waals surface area contributed by atoms with E-state index in [1.807, 2.05) is 11.4 Å². The molecule has 3 rings (SSSR count). The van der Waals surface area contributed by atoms with Crippen LogP contribution >= 0.6 is 11.3 Å². The van der Waals surface area contributed by atoms with E-state index in [4.69, 9.17) is 4.74 Å². The SMILES string of the molecule is CNc1nc(N2CCOCC2CO)c2ccsc2n1. The lowest BCUT2D eigenvalue weighted by Gasteiger charge is -2.35. The van der Waals surface area contributed by atoms with Crippen LogP contribution < -0.4 is 10.2 Å². The summed E-state index contributed by atoms with van der Waals surface area (Å²) in [4.78, 5) is 12.1. The molecule has 1 atom stereocenters. The van der Waals surface area contributed by atoms with Crippen LogP contribution in [0.5, 0.6) is 0 Å². The smallest absolute Gasteiger partial charge is 0.225 e. The van der Waals surface area contributed by atoms with Crippen molar-refractivity contribution < 1.29 is 9.84 Å². The van der Waals surface area contributed by atoms with Crippen LogP contribution in [-0.2, 0) is 4.74 Å². The molecule has 102 valence electrons. The average molecular weight is 280 g/mol. The van der Waals surface area contributed by atoms with Crippen molar-refractivity contribution in [1.29, 1.82) is 0 Å². The van der Waals surface area contributed by atoms with Gasteiger partial charge in [-0.15, -0.1) is 11.3 Å². The molecule has 7 heteroatoms. The van der Waals surface area contributed by atoms with Crippen LogP contribution in [0.25, 0.3) is 10.2 Å². The van der Waals surface area contributed by atoms with Gasteiger partial charge in [0.05, 0.1) is 31.2 Å². The molecular weight excluding hydrogens is 264 g/mol. The molecule has 2 aromatic rings. The molecule has 0 amide bonds. The zero-order valence-electron chi connectivity index (χ0n) is 10.7. The molecule has 19 heavy (non-hydrogen) atoms. The molecule has 0 aliphatic carbocycles. The lowest BCUT2D eigenvalue weighted by atomic mass is 10.2. The standard InChI is InChI=1S/C12H16N4O2S/c1-13-12-14-10(9-2-5-19-11(9)15-12)16-3-4-18-7-8(16)6-17/h2,5,8,17H,3-4,6-7H2,1H3,(H,13,14,15). The Bertz CT molecular complexity index is 574. The minimum absolute atomic E-state index is 0.0449. The highest BCUT2D eigenvalue weighted by Crippen LogP contribution is 2.30. The Morgan fingerprint density at radius 3 is 3.26 bits per heavy atom. The van der Waals surface area contributed by atoms with Crippen molar-refractivity contribution in [3.8, 4) is 0 Å². The van der Waals surface area contributed by atoms with Gasteiger partial charge in [-0.1, -0.05) is 0 Å². The number of ether oxygens (including phenoxy) is 1. The van der Waals surface area contributed by atoms with Crippen LogP contribution in [0.2, 0.25) is 0 Å². The summed E-state index contributed by atoms with van der Waals surface area (Å²) in [5, 5.41) is 15.5. The van der Waals surface area contributed by atoms with E-state index in [0.29, 0.717) is 19.2 Å². The minimum Gasteiger partial charge on any atom is -0.394 e. The number of thiophene rings is 1. The zero-order valence-corrected chi connectivity index (χ0v) is 11.5. The molecule has 1 unspecified atom stereocenters. The Labute approximate surface area is 115 Å². The average Bonchev–Trinajstić information content (AvgIpc) is 2.94. The van der Waals surface area contributed by atoms with E-state index in [1.165, 1.54) is 0 Å². The van der Waals surface area contributed by atoms with E-state index >= 15 is 0 Å². The fourth-order valence-corrected chi connectivity index (χ4v) is 3.01. The van der Waals surface area contributed by atoms with Crippen molar-refractivity contribution in [3.05, 3.63) is 11.4 Å². The van der Waals surface area contributed by atoms with Crippen molar-refractivity contribution in [1.82, 2.24) is 9.97 Å². The maximum atomic E-state index is 9.49. The molecular formula is C12H16N4O2S. The van der Waals surface area contributed by atoms with E-state index < -0.39 is 0 Å². The molecule has 0 aromatic carbocycles. The molecule has 1 saturated heterocycles. The van der Waals surface area contributed by atoms with Crippen molar-refractivity contribution >= 4 is 33.3 Å².